The second-order valence-corrected chi connectivity index (χ2v) is 7.13. The van der Waals surface area contributed by atoms with Crippen LogP contribution in [0.4, 0.5) is 9.93 Å². The first-order valence-electron chi connectivity index (χ1n) is 8.25. The molecule has 0 radical (unpaired) electrons. The van der Waals surface area contributed by atoms with Crippen molar-refractivity contribution in [3.05, 3.63) is 58.6 Å². The number of carbonyl (C=O) groups is 2. The number of nitrogens with zero attached hydrogens (tertiary/aromatic N) is 2. The van der Waals surface area contributed by atoms with Crippen molar-refractivity contribution in [1.29, 1.82) is 0 Å². The first kappa shape index (κ1) is 16.5. The van der Waals surface area contributed by atoms with Gasteiger partial charge in [0.05, 0.1) is 19.3 Å². The zero-order chi connectivity index (χ0) is 18.1. The lowest BCUT2D eigenvalue weighted by Gasteiger charge is -2.24. The second kappa shape index (κ2) is 6.76. The molecule has 0 saturated heterocycles. The van der Waals surface area contributed by atoms with Crippen LogP contribution in [0.2, 0.25) is 0 Å². The van der Waals surface area contributed by atoms with Gasteiger partial charge < -0.3 is 9.64 Å². The van der Waals surface area contributed by atoms with Crippen LogP contribution < -0.4 is 5.32 Å². The summed E-state index contributed by atoms with van der Waals surface area (Å²) >= 11 is 1.40. The molecule has 2 amide bonds. The van der Waals surface area contributed by atoms with Crippen LogP contribution in [0, 0.1) is 0 Å². The summed E-state index contributed by atoms with van der Waals surface area (Å²) in [5.74, 6) is -0.188. The summed E-state index contributed by atoms with van der Waals surface area (Å²) in [5, 5.41) is 5.54. The van der Waals surface area contributed by atoms with Crippen molar-refractivity contribution >= 4 is 39.2 Å². The molecule has 6 nitrogen and oxygen atoms in total. The second-order valence-electron chi connectivity index (χ2n) is 6.05. The maximum Gasteiger partial charge on any atom is 0.409 e. The summed E-state index contributed by atoms with van der Waals surface area (Å²) in [5.41, 5.74) is 1.53. The number of hydrogen-bond acceptors (Lipinski definition) is 5. The Hall–Kier alpha value is -2.93. The molecule has 0 unspecified atom stereocenters. The monoisotopic (exact) mass is 367 g/mol. The lowest BCUT2D eigenvalue weighted by Crippen LogP contribution is -2.35. The Kier molecular flexibility index (Phi) is 4.30. The van der Waals surface area contributed by atoms with E-state index in [-0.39, 0.29) is 12.0 Å². The minimum absolute atomic E-state index is 0.188. The molecule has 3 aromatic rings. The highest BCUT2D eigenvalue weighted by Crippen LogP contribution is 2.29. The third-order valence-corrected chi connectivity index (χ3v) is 5.39. The molecule has 7 heteroatoms. The standard InChI is InChI=1S/C19H17N3O3S/c1-25-19(24)22-9-8-15-16(11-22)26-18(20-15)21-17(23)14-7-6-12-4-2-3-5-13(12)10-14/h2-7,10H,8-9,11H2,1H3,(H,20,21,23). The summed E-state index contributed by atoms with van der Waals surface area (Å²) in [7, 11) is 1.37. The van der Waals surface area contributed by atoms with Gasteiger partial charge in [0.1, 0.15) is 0 Å². The van der Waals surface area contributed by atoms with E-state index in [4.69, 9.17) is 4.74 Å². The summed E-state index contributed by atoms with van der Waals surface area (Å²) < 4.78 is 4.77. The molecule has 1 aromatic heterocycles. The van der Waals surface area contributed by atoms with Crippen LogP contribution in [0.15, 0.2) is 42.5 Å². The Morgan fingerprint density at radius 2 is 2.00 bits per heavy atom. The van der Waals surface area contributed by atoms with Gasteiger partial charge in [-0.2, -0.15) is 0 Å². The predicted molar refractivity (Wildman–Crippen MR) is 101 cm³/mol. The Bertz CT molecular complexity index is 999. The van der Waals surface area contributed by atoms with E-state index in [0.717, 1.165) is 21.3 Å². The molecule has 1 aliphatic rings. The molecular formula is C19H17N3O3S. The number of methoxy groups -OCH3 is 1. The van der Waals surface area contributed by atoms with E-state index < -0.39 is 0 Å². The zero-order valence-electron chi connectivity index (χ0n) is 14.2. The van der Waals surface area contributed by atoms with Crippen LogP contribution in [0.5, 0.6) is 0 Å². The number of fused-ring (bicyclic) bond motifs is 2. The highest BCUT2D eigenvalue weighted by atomic mass is 32.1. The SMILES string of the molecule is COC(=O)N1CCc2nc(NC(=O)c3ccc4ccccc4c3)sc2C1. The zero-order valence-corrected chi connectivity index (χ0v) is 15.0. The molecule has 0 bridgehead atoms. The lowest BCUT2D eigenvalue weighted by molar-refractivity contribution is 0.102. The molecule has 2 aromatic carbocycles. The van der Waals surface area contributed by atoms with Crippen LogP contribution in [0.25, 0.3) is 10.8 Å². The molecule has 0 saturated carbocycles. The van der Waals surface area contributed by atoms with Gasteiger partial charge in [-0.05, 0) is 22.9 Å². The summed E-state index contributed by atoms with van der Waals surface area (Å²) in [6, 6.07) is 13.5. The van der Waals surface area contributed by atoms with Crippen molar-refractivity contribution in [2.45, 2.75) is 13.0 Å². The maximum atomic E-state index is 12.6. The number of rotatable bonds is 2. The first-order chi connectivity index (χ1) is 12.6. The summed E-state index contributed by atoms with van der Waals surface area (Å²) in [6.45, 7) is 1.03. The van der Waals surface area contributed by atoms with Crippen molar-refractivity contribution in [1.82, 2.24) is 9.88 Å². The van der Waals surface area contributed by atoms with Gasteiger partial charge >= 0.3 is 6.09 Å². The van der Waals surface area contributed by atoms with Gasteiger partial charge in [-0.1, -0.05) is 41.7 Å². The number of nitrogens with one attached hydrogen (secondary N) is 1. The van der Waals surface area contributed by atoms with E-state index in [9.17, 15) is 9.59 Å². The molecule has 132 valence electrons. The van der Waals surface area contributed by atoms with E-state index >= 15 is 0 Å². The molecule has 1 N–H and O–H groups in total. The topological polar surface area (TPSA) is 71.5 Å². The average Bonchev–Trinajstić information content (AvgIpc) is 3.08. The van der Waals surface area contributed by atoms with Crippen LogP contribution >= 0.6 is 11.3 Å². The Labute approximate surface area is 154 Å². The van der Waals surface area contributed by atoms with E-state index in [2.05, 4.69) is 10.3 Å². The fourth-order valence-electron chi connectivity index (χ4n) is 3.03. The number of anilines is 1. The highest BCUT2D eigenvalue weighted by Gasteiger charge is 2.25. The quantitative estimate of drug-likeness (QED) is 0.750. The molecule has 0 aliphatic carbocycles. The molecule has 0 fully saturated rings. The molecule has 2 heterocycles. The van der Waals surface area contributed by atoms with Crippen molar-refractivity contribution in [3.8, 4) is 0 Å². The number of benzene rings is 2. The van der Waals surface area contributed by atoms with Gasteiger partial charge in [0.25, 0.3) is 5.91 Å². The number of thiazole rings is 1. The number of hydrogen-bond donors (Lipinski definition) is 1. The minimum Gasteiger partial charge on any atom is -0.453 e. The number of carbonyl (C=O) groups excluding carboxylic acids is 2. The van der Waals surface area contributed by atoms with Crippen molar-refractivity contribution in [2.24, 2.45) is 0 Å². The van der Waals surface area contributed by atoms with Crippen LogP contribution in [0.1, 0.15) is 20.9 Å². The van der Waals surface area contributed by atoms with Gasteiger partial charge in [-0.25, -0.2) is 9.78 Å². The average molecular weight is 367 g/mol. The third-order valence-electron chi connectivity index (χ3n) is 4.40. The van der Waals surface area contributed by atoms with Gasteiger partial charge in [0, 0.05) is 23.4 Å². The van der Waals surface area contributed by atoms with E-state index in [1.807, 2.05) is 42.5 Å². The van der Waals surface area contributed by atoms with E-state index in [0.29, 0.717) is 30.2 Å². The molecule has 4 rings (SSSR count). The van der Waals surface area contributed by atoms with Gasteiger partial charge in [0.15, 0.2) is 5.13 Å². The Morgan fingerprint density at radius 1 is 1.19 bits per heavy atom. The molecule has 1 aliphatic heterocycles. The predicted octanol–water partition coefficient (Wildman–Crippen LogP) is 3.67. The number of aromatic nitrogens is 1. The van der Waals surface area contributed by atoms with Crippen LogP contribution in [-0.2, 0) is 17.7 Å². The highest BCUT2D eigenvalue weighted by molar-refractivity contribution is 7.15. The molecule has 0 atom stereocenters. The van der Waals surface area contributed by atoms with Crippen molar-refractivity contribution < 1.29 is 14.3 Å². The van der Waals surface area contributed by atoms with Crippen molar-refractivity contribution in [3.63, 3.8) is 0 Å². The van der Waals surface area contributed by atoms with Crippen LogP contribution in [0.3, 0.4) is 0 Å². The van der Waals surface area contributed by atoms with Gasteiger partial charge in [-0.15, -0.1) is 0 Å². The maximum absolute atomic E-state index is 12.6. The van der Waals surface area contributed by atoms with Gasteiger partial charge in [0.2, 0.25) is 0 Å². The molecule has 0 spiro atoms. The largest absolute Gasteiger partial charge is 0.453 e. The normalized spacial score (nSPS) is 13.3. The summed E-state index contributed by atoms with van der Waals surface area (Å²) in [6.07, 6.45) is 0.318. The van der Waals surface area contributed by atoms with Crippen LogP contribution in [-0.4, -0.2) is 35.5 Å². The number of ether oxygens (including phenoxy) is 1. The lowest BCUT2D eigenvalue weighted by atomic mass is 10.1. The smallest absolute Gasteiger partial charge is 0.409 e. The Morgan fingerprint density at radius 3 is 2.81 bits per heavy atom. The molecule has 26 heavy (non-hydrogen) atoms. The third kappa shape index (κ3) is 3.13. The van der Waals surface area contributed by atoms with Gasteiger partial charge in [-0.3, -0.25) is 10.1 Å². The van der Waals surface area contributed by atoms with E-state index in [1.54, 1.807) is 4.90 Å². The van der Waals surface area contributed by atoms with E-state index in [1.165, 1.54) is 18.4 Å². The fraction of sp³-hybridized carbons (Fsp3) is 0.211. The summed E-state index contributed by atoms with van der Waals surface area (Å²) in [4.78, 5) is 31.4. The number of amides is 2. The Balaban J connectivity index is 1.51. The minimum atomic E-state index is -0.342. The molecular weight excluding hydrogens is 350 g/mol. The first-order valence-corrected chi connectivity index (χ1v) is 9.07. The fourth-order valence-corrected chi connectivity index (χ4v) is 4.05. The van der Waals surface area contributed by atoms with Crippen molar-refractivity contribution in [2.75, 3.05) is 19.0 Å².